The summed E-state index contributed by atoms with van der Waals surface area (Å²) >= 11 is 6.47. The average Bonchev–Trinajstić information content (AvgIpc) is 2.12. The van der Waals surface area contributed by atoms with Crippen LogP contribution in [0.15, 0.2) is 23.1 Å². The molecule has 0 heterocycles. The number of aryl methyl sites for hydroxylation is 1. The molecule has 1 aromatic carbocycles. The van der Waals surface area contributed by atoms with Gasteiger partial charge in [0.25, 0.3) is 0 Å². The first kappa shape index (κ1) is 11.6. The summed E-state index contributed by atoms with van der Waals surface area (Å²) in [5.74, 6) is 0. The van der Waals surface area contributed by atoms with Gasteiger partial charge in [-0.05, 0) is 50.0 Å². The Morgan fingerprint density at radius 1 is 1.57 bits per heavy atom. The molecule has 2 radical (unpaired) electrons. The molecule has 0 atom stereocenters. The molecule has 1 nitrogen and oxygen atoms in total. The monoisotopic (exact) mass is 222 g/mol. The van der Waals surface area contributed by atoms with Gasteiger partial charge in [-0.2, -0.15) is 0 Å². The van der Waals surface area contributed by atoms with Crippen molar-refractivity contribution in [3.63, 3.8) is 0 Å². The Balaban J connectivity index is 2.68. The van der Waals surface area contributed by atoms with E-state index < -0.39 is 0 Å². The summed E-state index contributed by atoms with van der Waals surface area (Å²) in [5.41, 5.74) is 1.87. The molecule has 0 bridgehead atoms. The Labute approximate surface area is 95.6 Å². The van der Waals surface area contributed by atoms with Crippen LogP contribution in [-0.4, -0.2) is 18.8 Å². The lowest BCUT2D eigenvalue weighted by molar-refractivity contribution is 0.346. The molecule has 0 aliphatic rings. The fourth-order valence-electron chi connectivity index (χ4n) is 0.955. The molecule has 0 saturated heterocycles. The van der Waals surface area contributed by atoms with E-state index in [-0.39, 0.29) is 0 Å². The third-order valence-corrected chi connectivity index (χ3v) is 2.85. The van der Waals surface area contributed by atoms with Gasteiger partial charge in [0.15, 0.2) is 0 Å². The van der Waals surface area contributed by atoms with Crippen LogP contribution < -0.4 is 5.46 Å². The van der Waals surface area contributed by atoms with Gasteiger partial charge in [-0.3, -0.25) is 0 Å². The molecule has 0 N–H and O–H groups in total. The molecule has 0 aliphatic heterocycles. The van der Waals surface area contributed by atoms with E-state index in [9.17, 15) is 0 Å². The van der Waals surface area contributed by atoms with E-state index in [0.717, 1.165) is 15.9 Å². The van der Waals surface area contributed by atoms with Crippen LogP contribution in [0.1, 0.15) is 12.5 Å². The van der Waals surface area contributed by atoms with Crippen LogP contribution in [0.5, 0.6) is 0 Å². The van der Waals surface area contributed by atoms with Gasteiger partial charge in [0.05, 0.1) is 6.61 Å². The normalized spacial score (nSPS) is 9.86. The van der Waals surface area contributed by atoms with Crippen molar-refractivity contribution in [2.45, 2.75) is 18.7 Å². The van der Waals surface area contributed by atoms with E-state index >= 15 is 0 Å². The summed E-state index contributed by atoms with van der Waals surface area (Å²) in [6, 6.07) is 5.83. The zero-order chi connectivity index (χ0) is 10.6. The van der Waals surface area contributed by atoms with Gasteiger partial charge in [-0.15, -0.1) is 0 Å². The predicted molar refractivity (Wildman–Crippen MR) is 66.6 cm³/mol. The van der Waals surface area contributed by atoms with Gasteiger partial charge in [0.1, 0.15) is 7.85 Å². The first-order valence-corrected chi connectivity index (χ1v) is 5.56. The van der Waals surface area contributed by atoms with E-state index in [0.29, 0.717) is 11.0 Å². The lowest BCUT2D eigenvalue weighted by Crippen LogP contribution is -2.06. The average molecular weight is 222 g/mol. The number of rotatable bonds is 2. The largest absolute Gasteiger partial charge is 0.479 e. The van der Waals surface area contributed by atoms with E-state index in [1.54, 1.807) is 0 Å². The van der Waals surface area contributed by atoms with Gasteiger partial charge >= 0.3 is 0 Å². The maximum Gasteiger partial charge on any atom is 0.224 e. The van der Waals surface area contributed by atoms with Gasteiger partial charge in [-0.1, -0.05) is 17.1 Å². The number of hydrogen-bond donors (Lipinski definition) is 0. The highest BCUT2D eigenvalue weighted by Crippen LogP contribution is 2.20. The lowest BCUT2D eigenvalue weighted by Gasteiger charge is -2.06. The lowest BCUT2D eigenvalue weighted by atomic mass is 9.92. The van der Waals surface area contributed by atoms with Crippen molar-refractivity contribution in [2.75, 3.05) is 6.61 Å². The van der Waals surface area contributed by atoms with E-state index in [1.165, 1.54) is 11.8 Å². The van der Waals surface area contributed by atoms with Crippen LogP contribution in [0.25, 0.3) is 0 Å². The Morgan fingerprint density at radius 3 is 2.86 bits per heavy atom. The van der Waals surface area contributed by atoms with Gasteiger partial charge in [-0.25, -0.2) is 0 Å². The molecule has 1 aromatic rings. The molecule has 0 unspecified atom stereocenters. The molecule has 0 spiro atoms. The van der Waals surface area contributed by atoms with Gasteiger partial charge < -0.3 is 4.74 Å². The number of hydrogen-bond acceptors (Lipinski definition) is 3. The van der Waals surface area contributed by atoms with Crippen molar-refractivity contribution in [1.29, 1.82) is 0 Å². The molecule has 0 aliphatic carbocycles. The first-order chi connectivity index (χ1) is 6.63. The summed E-state index contributed by atoms with van der Waals surface area (Å²) in [7, 11) is 5.70. The molecule has 14 heavy (non-hydrogen) atoms. The summed E-state index contributed by atoms with van der Waals surface area (Å²) in [4.78, 5) is 1.06. The predicted octanol–water partition coefficient (Wildman–Crippen LogP) is 2.20. The Hall–Kier alpha value is -0.475. The maximum absolute atomic E-state index is 5.70. The van der Waals surface area contributed by atoms with Crippen LogP contribution in [0.3, 0.4) is 0 Å². The second kappa shape index (κ2) is 5.42. The van der Waals surface area contributed by atoms with E-state index in [4.69, 9.17) is 24.8 Å². The van der Waals surface area contributed by atoms with Crippen LogP contribution in [-0.2, 0) is 4.74 Å². The number of thioether (sulfide) groups is 1. The summed E-state index contributed by atoms with van der Waals surface area (Å²) in [6.45, 7) is 4.50. The van der Waals surface area contributed by atoms with Crippen LogP contribution >= 0.6 is 24.0 Å². The number of thiocarbonyl (C=S) groups is 1. The van der Waals surface area contributed by atoms with Crippen molar-refractivity contribution in [1.82, 2.24) is 0 Å². The zero-order valence-corrected chi connectivity index (χ0v) is 9.87. The van der Waals surface area contributed by atoms with E-state index in [1.807, 2.05) is 32.0 Å². The second-order valence-corrected chi connectivity index (χ2v) is 4.48. The molecule has 0 fully saturated rings. The minimum absolute atomic E-state index is 0.552. The van der Waals surface area contributed by atoms with Gasteiger partial charge in [0.2, 0.25) is 4.38 Å². The quantitative estimate of drug-likeness (QED) is 0.431. The molecule has 0 saturated carbocycles. The molecule has 1 rings (SSSR count). The SMILES string of the molecule is [B]c1ccc(SC(=S)OCC)cc1C. The fraction of sp³-hybridized carbons (Fsp3) is 0.300. The highest BCUT2D eigenvalue weighted by molar-refractivity contribution is 8.22. The molecule has 0 aromatic heterocycles. The minimum Gasteiger partial charge on any atom is -0.479 e. The standard InChI is InChI=1S/C10H11BOS2/c1-3-12-10(13)14-8-4-5-9(11)7(2)6-8/h4-6H,3H2,1-2H3. The molecule has 4 heteroatoms. The third kappa shape index (κ3) is 3.35. The molecular weight excluding hydrogens is 211 g/mol. The Bertz CT molecular complexity index is 339. The van der Waals surface area contributed by atoms with Crippen LogP contribution in [0, 0.1) is 6.92 Å². The van der Waals surface area contributed by atoms with Crippen molar-refractivity contribution >= 4 is 41.7 Å². The maximum atomic E-state index is 5.70. The van der Waals surface area contributed by atoms with Crippen molar-refractivity contribution in [3.8, 4) is 0 Å². The van der Waals surface area contributed by atoms with Crippen LogP contribution in [0.2, 0.25) is 0 Å². The molecular formula is C10H11BOS2. The smallest absolute Gasteiger partial charge is 0.224 e. The third-order valence-electron chi connectivity index (χ3n) is 1.70. The fourth-order valence-corrected chi connectivity index (χ4v) is 2.10. The van der Waals surface area contributed by atoms with Crippen LogP contribution in [0.4, 0.5) is 0 Å². The second-order valence-electron chi connectivity index (χ2n) is 2.80. The number of benzene rings is 1. The van der Waals surface area contributed by atoms with E-state index in [2.05, 4.69) is 0 Å². The molecule has 72 valence electrons. The Kier molecular flexibility index (Phi) is 4.49. The minimum atomic E-state index is 0.552. The summed E-state index contributed by atoms with van der Waals surface area (Å²) < 4.78 is 5.73. The summed E-state index contributed by atoms with van der Waals surface area (Å²) in [6.07, 6.45) is 0. The highest BCUT2D eigenvalue weighted by atomic mass is 32.2. The topological polar surface area (TPSA) is 9.23 Å². The van der Waals surface area contributed by atoms with Gasteiger partial charge in [0, 0.05) is 4.90 Å². The molecule has 0 amide bonds. The van der Waals surface area contributed by atoms with Crippen molar-refractivity contribution in [2.24, 2.45) is 0 Å². The summed E-state index contributed by atoms with van der Waals surface area (Å²) in [5, 5.41) is 0. The van der Waals surface area contributed by atoms with Crippen molar-refractivity contribution < 1.29 is 4.74 Å². The zero-order valence-electron chi connectivity index (χ0n) is 8.24. The first-order valence-electron chi connectivity index (χ1n) is 4.34. The highest BCUT2D eigenvalue weighted by Gasteiger charge is 2.01. The number of ether oxygens (including phenoxy) is 1. The van der Waals surface area contributed by atoms with Crippen molar-refractivity contribution in [3.05, 3.63) is 23.8 Å². The Morgan fingerprint density at radius 2 is 2.29 bits per heavy atom.